The Labute approximate surface area is 128 Å². The van der Waals surface area contributed by atoms with Gasteiger partial charge in [0.25, 0.3) is 0 Å². The van der Waals surface area contributed by atoms with Gasteiger partial charge in [-0.2, -0.15) is 0 Å². The van der Waals surface area contributed by atoms with Crippen LogP contribution in [-0.2, 0) is 0 Å². The van der Waals surface area contributed by atoms with Gasteiger partial charge in [-0.3, -0.25) is 0 Å². The van der Waals surface area contributed by atoms with Crippen molar-refractivity contribution in [3.05, 3.63) is 52.7 Å². The average molecular weight is 295 g/mol. The minimum Gasteiger partial charge on any atom is -0.370 e. The van der Waals surface area contributed by atoms with Gasteiger partial charge in [-0.1, -0.05) is 30.3 Å². The third-order valence-electron chi connectivity index (χ3n) is 3.14. The zero-order chi connectivity index (χ0) is 14.7. The van der Waals surface area contributed by atoms with Gasteiger partial charge in [0.15, 0.2) is 5.82 Å². The Morgan fingerprint density at radius 2 is 1.86 bits per heavy atom. The molecule has 21 heavy (non-hydrogen) atoms. The van der Waals surface area contributed by atoms with Crippen molar-refractivity contribution < 1.29 is 0 Å². The molecule has 2 heterocycles. The van der Waals surface area contributed by atoms with Crippen LogP contribution in [0.2, 0.25) is 0 Å². The quantitative estimate of drug-likeness (QED) is 0.763. The fourth-order valence-corrected chi connectivity index (χ4v) is 2.86. The SMILES string of the molecule is CCNc1cc(-c2csc(C)c2)nc(-c2ccccc2)n1. The van der Waals surface area contributed by atoms with Crippen LogP contribution in [0.15, 0.2) is 47.8 Å². The highest BCUT2D eigenvalue weighted by Gasteiger charge is 2.09. The van der Waals surface area contributed by atoms with Gasteiger partial charge in [-0.05, 0) is 19.9 Å². The summed E-state index contributed by atoms with van der Waals surface area (Å²) in [7, 11) is 0. The van der Waals surface area contributed by atoms with Crippen molar-refractivity contribution in [3.63, 3.8) is 0 Å². The van der Waals surface area contributed by atoms with Gasteiger partial charge in [-0.15, -0.1) is 11.3 Å². The Balaban J connectivity index is 2.10. The van der Waals surface area contributed by atoms with Crippen molar-refractivity contribution in [2.75, 3.05) is 11.9 Å². The van der Waals surface area contributed by atoms with E-state index in [1.807, 2.05) is 36.4 Å². The zero-order valence-corrected chi connectivity index (χ0v) is 12.9. The maximum absolute atomic E-state index is 4.73. The number of hydrogen-bond acceptors (Lipinski definition) is 4. The highest BCUT2D eigenvalue weighted by molar-refractivity contribution is 7.10. The molecule has 3 rings (SSSR count). The second kappa shape index (κ2) is 6.06. The molecule has 1 aromatic carbocycles. The van der Waals surface area contributed by atoms with Crippen LogP contribution in [-0.4, -0.2) is 16.5 Å². The number of rotatable bonds is 4. The number of benzene rings is 1. The first-order valence-corrected chi connectivity index (χ1v) is 7.88. The largest absolute Gasteiger partial charge is 0.370 e. The summed E-state index contributed by atoms with van der Waals surface area (Å²) in [6, 6.07) is 14.3. The van der Waals surface area contributed by atoms with Gasteiger partial charge >= 0.3 is 0 Å². The average Bonchev–Trinajstić information content (AvgIpc) is 2.95. The molecule has 0 aliphatic rings. The van der Waals surface area contributed by atoms with E-state index in [0.717, 1.165) is 35.0 Å². The first kappa shape index (κ1) is 13.8. The fourth-order valence-electron chi connectivity index (χ4n) is 2.16. The third kappa shape index (κ3) is 3.11. The minimum atomic E-state index is 0.757. The molecule has 0 radical (unpaired) electrons. The number of nitrogens with zero attached hydrogens (tertiary/aromatic N) is 2. The zero-order valence-electron chi connectivity index (χ0n) is 12.1. The molecule has 0 aliphatic carbocycles. The summed E-state index contributed by atoms with van der Waals surface area (Å²) in [6.07, 6.45) is 0. The number of hydrogen-bond donors (Lipinski definition) is 1. The molecule has 3 nitrogen and oxygen atoms in total. The monoisotopic (exact) mass is 295 g/mol. The van der Waals surface area contributed by atoms with E-state index in [-0.39, 0.29) is 0 Å². The van der Waals surface area contributed by atoms with Crippen LogP contribution in [0, 0.1) is 6.92 Å². The van der Waals surface area contributed by atoms with Gasteiger partial charge in [0.2, 0.25) is 0 Å². The van der Waals surface area contributed by atoms with Crippen molar-refractivity contribution in [3.8, 4) is 22.6 Å². The van der Waals surface area contributed by atoms with Gasteiger partial charge in [0, 0.05) is 34.0 Å². The molecule has 0 amide bonds. The normalized spacial score (nSPS) is 10.6. The second-order valence-electron chi connectivity index (χ2n) is 4.80. The summed E-state index contributed by atoms with van der Waals surface area (Å²) in [6.45, 7) is 5.02. The Hall–Kier alpha value is -2.20. The van der Waals surface area contributed by atoms with Crippen LogP contribution < -0.4 is 5.32 Å². The maximum atomic E-state index is 4.73. The highest BCUT2D eigenvalue weighted by atomic mass is 32.1. The number of anilines is 1. The van der Waals surface area contributed by atoms with E-state index < -0.39 is 0 Å². The Morgan fingerprint density at radius 3 is 2.52 bits per heavy atom. The molecule has 0 saturated carbocycles. The molecule has 0 fully saturated rings. The summed E-state index contributed by atoms with van der Waals surface area (Å²) in [5.74, 6) is 1.62. The molecule has 3 aromatic rings. The van der Waals surface area contributed by atoms with E-state index in [2.05, 4.69) is 35.6 Å². The first-order valence-electron chi connectivity index (χ1n) is 7.00. The standard InChI is InChI=1S/C17H17N3S/c1-3-18-16-10-15(14-9-12(2)21-11-14)19-17(20-16)13-7-5-4-6-8-13/h4-11H,3H2,1-2H3,(H,18,19,20). The molecule has 0 aliphatic heterocycles. The number of thiophene rings is 1. The number of nitrogens with one attached hydrogen (secondary N) is 1. The van der Waals surface area contributed by atoms with Gasteiger partial charge in [0.1, 0.15) is 5.82 Å². The lowest BCUT2D eigenvalue weighted by atomic mass is 10.2. The third-order valence-corrected chi connectivity index (χ3v) is 4.00. The van der Waals surface area contributed by atoms with Crippen LogP contribution in [0.1, 0.15) is 11.8 Å². The molecule has 0 spiro atoms. The van der Waals surface area contributed by atoms with Crippen molar-refractivity contribution in [2.24, 2.45) is 0 Å². The molecule has 2 aromatic heterocycles. The number of aromatic nitrogens is 2. The molecule has 106 valence electrons. The molecular weight excluding hydrogens is 278 g/mol. The van der Waals surface area contributed by atoms with Gasteiger partial charge in [0.05, 0.1) is 5.69 Å². The second-order valence-corrected chi connectivity index (χ2v) is 5.92. The summed E-state index contributed by atoms with van der Waals surface area (Å²) in [5, 5.41) is 5.43. The highest BCUT2D eigenvalue weighted by Crippen LogP contribution is 2.27. The van der Waals surface area contributed by atoms with Crippen molar-refractivity contribution in [1.29, 1.82) is 0 Å². The van der Waals surface area contributed by atoms with Crippen molar-refractivity contribution >= 4 is 17.2 Å². The Bertz CT molecular complexity index is 735. The van der Waals surface area contributed by atoms with Crippen LogP contribution in [0.3, 0.4) is 0 Å². The van der Waals surface area contributed by atoms with Crippen LogP contribution in [0.25, 0.3) is 22.6 Å². The lowest BCUT2D eigenvalue weighted by Crippen LogP contribution is -2.02. The Morgan fingerprint density at radius 1 is 1.05 bits per heavy atom. The van der Waals surface area contributed by atoms with Crippen molar-refractivity contribution in [2.45, 2.75) is 13.8 Å². The van der Waals surface area contributed by atoms with E-state index in [1.165, 1.54) is 4.88 Å². The predicted octanol–water partition coefficient (Wildman–Crippen LogP) is 4.61. The first-order chi connectivity index (χ1) is 10.3. The summed E-state index contributed by atoms with van der Waals surface area (Å²) in [5.41, 5.74) is 3.14. The van der Waals surface area contributed by atoms with Crippen LogP contribution in [0.4, 0.5) is 5.82 Å². The van der Waals surface area contributed by atoms with Crippen LogP contribution in [0.5, 0.6) is 0 Å². The molecule has 4 heteroatoms. The smallest absolute Gasteiger partial charge is 0.162 e. The summed E-state index contributed by atoms with van der Waals surface area (Å²) < 4.78 is 0. The van der Waals surface area contributed by atoms with E-state index in [4.69, 9.17) is 4.98 Å². The lowest BCUT2D eigenvalue weighted by Gasteiger charge is -2.08. The summed E-state index contributed by atoms with van der Waals surface area (Å²) >= 11 is 1.74. The van der Waals surface area contributed by atoms with Gasteiger partial charge < -0.3 is 5.32 Å². The van der Waals surface area contributed by atoms with E-state index >= 15 is 0 Å². The van der Waals surface area contributed by atoms with E-state index in [9.17, 15) is 0 Å². The molecule has 0 unspecified atom stereocenters. The lowest BCUT2D eigenvalue weighted by molar-refractivity contribution is 1.12. The topological polar surface area (TPSA) is 37.8 Å². The van der Waals surface area contributed by atoms with E-state index in [0.29, 0.717) is 0 Å². The summed E-state index contributed by atoms with van der Waals surface area (Å²) in [4.78, 5) is 10.6. The van der Waals surface area contributed by atoms with Crippen molar-refractivity contribution in [1.82, 2.24) is 9.97 Å². The van der Waals surface area contributed by atoms with Gasteiger partial charge in [-0.25, -0.2) is 9.97 Å². The molecule has 0 bridgehead atoms. The van der Waals surface area contributed by atoms with Crippen LogP contribution >= 0.6 is 11.3 Å². The maximum Gasteiger partial charge on any atom is 0.162 e. The predicted molar refractivity (Wildman–Crippen MR) is 89.7 cm³/mol. The fraction of sp³-hybridized carbons (Fsp3) is 0.176. The molecule has 0 atom stereocenters. The Kier molecular flexibility index (Phi) is 3.97. The molecule has 0 saturated heterocycles. The molecular formula is C17H17N3S. The van der Waals surface area contributed by atoms with E-state index in [1.54, 1.807) is 11.3 Å². The number of aryl methyl sites for hydroxylation is 1. The minimum absolute atomic E-state index is 0.757. The molecule has 1 N–H and O–H groups in total.